The van der Waals surface area contributed by atoms with Gasteiger partial charge in [-0.05, 0) is 43.9 Å². The van der Waals surface area contributed by atoms with Crippen molar-refractivity contribution in [3.05, 3.63) is 0 Å². The summed E-state index contributed by atoms with van der Waals surface area (Å²) in [5.74, 6) is 1.64. The summed E-state index contributed by atoms with van der Waals surface area (Å²) in [5, 5.41) is 6.23. The van der Waals surface area contributed by atoms with Gasteiger partial charge < -0.3 is 15.4 Å². The summed E-state index contributed by atoms with van der Waals surface area (Å²) < 4.78 is 5.33. The molecule has 2 fully saturated rings. The Hall–Kier alpha value is -1.10. The molecule has 3 atom stereocenters. The molecule has 2 unspecified atom stereocenters. The van der Waals surface area contributed by atoms with Gasteiger partial charge in [-0.1, -0.05) is 27.2 Å². The maximum atomic E-state index is 12.4. The third-order valence-corrected chi connectivity index (χ3v) is 5.44. The molecule has 2 amide bonds. The molecule has 24 heavy (non-hydrogen) atoms. The van der Waals surface area contributed by atoms with Crippen molar-refractivity contribution in [3.63, 3.8) is 0 Å². The van der Waals surface area contributed by atoms with E-state index in [9.17, 15) is 9.59 Å². The zero-order chi connectivity index (χ0) is 17.5. The van der Waals surface area contributed by atoms with Crippen molar-refractivity contribution in [3.8, 4) is 0 Å². The van der Waals surface area contributed by atoms with Crippen molar-refractivity contribution in [2.24, 2.45) is 23.7 Å². The lowest BCUT2D eigenvalue weighted by atomic mass is 9.92. The summed E-state index contributed by atoms with van der Waals surface area (Å²) in [6, 6.07) is 0.288. The predicted molar refractivity (Wildman–Crippen MR) is 94.4 cm³/mol. The maximum Gasteiger partial charge on any atom is 0.223 e. The number of hydrogen-bond acceptors (Lipinski definition) is 3. The minimum Gasteiger partial charge on any atom is -0.381 e. The molecule has 138 valence electrons. The zero-order valence-corrected chi connectivity index (χ0v) is 15.5. The van der Waals surface area contributed by atoms with Gasteiger partial charge in [-0.15, -0.1) is 0 Å². The topological polar surface area (TPSA) is 67.4 Å². The Balaban J connectivity index is 1.66. The molecule has 5 heteroatoms. The van der Waals surface area contributed by atoms with Crippen LogP contribution in [0, 0.1) is 23.7 Å². The Morgan fingerprint density at radius 2 is 1.67 bits per heavy atom. The van der Waals surface area contributed by atoms with E-state index in [0.717, 1.165) is 51.9 Å². The zero-order valence-electron chi connectivity index (χ0n) is 15.5. The molecule has 0 aromatic carbocycles. The second-order valence-electron chi connectivity index (χ2n) is 7.98. The third-order valence-electron chi connectivity index (χ3n) is 5.44. The Morgan fingerprint density at radius 3 is 2.33 bits per heavy atom. The number of carbonyl (C=O) groups excluding carboxylic acids is 2. The first-order valence-electron chi connectivity index (χ1n) is 9.61. The van der Waals surface area contributed by atoms with Gasteiger partial charge in [0.25, 0.3) is 0 Å². The summed E-state index contributed by atoms with van der Waals surface area (Å²) in [6.07, 6.45) is 6.30. The molecular formula is C19H34N2O3. The summed E-state index contributed by atoms with van der Waals surface area (Å²) in [4.78, 5) is 24.0. The molecule has 0 aromatic heterocycles. The Bertz CT molecular complexity index is 419. The van der Waals surface area contributed by atoms with Gasteiger partial charge in [0.2, 0.25) is 11.8 Å². The van der Waals surface area contributed by atoms with Crippen LogP contribution in [0.3, 0.4) is 0 Å². The molecule has 1 aliphatic carbocycles. The lowest BCUT2D eigenvalue weighted by Crippen LogP contribution is -2.41. The van der Waals surface area contributed by atoms with Gasteiger partial charge in [0, 0.05) is 37.6 Å². The van der Waals surface area contributed by atoms with E-state index in [0.29, 0.717) is 11.8 Å². The van der Waals surface area contributed by atoms with Gasteiger partial charge in [0.1, 0.15) is 0 Å². The van der Waals surface area contributed by atoms with Gasteiger partial charge >= 0.3 is 0 Å². The first kappa shape index (κ1) is 19.2. The van der Waals surface area contributed by atoms with Crippen molar-refractivity contribution in [2.75, 3.05) is 19.8 Å². The standard InChI is InChI=1S/C19H34N2O3/c1-13(2)18(22)20-12-16-5-4-15(11-16)10-14(3)19(23)21-17-6-8-24-9-7-17/h13-17H,4-12H2,1-3H3,(H,20,22)(H,21,23)/t14-,15?,16?/m1/s1. The average Bonchev–Trinajstić information content (AvgIpc) is 3.00. The van der Waals surface area contributed by atoms with E-state index >= 15 is 0 Å². The predicted octanol–water partition coefficient (Wildman–Crippen LogP) is 2.50. The van der Waals surface area contributed by atoms with Crippen LogP contribution in [0.1, 0.15) is 59.3 Å². The minimum atomic E-state index is 0.0519. The van der Waals surface area contributed by atoms with Crippen molar-refractivity contribution in [2.45, 2.75) is 65.3 Å². The first-order chi connectivity index (χ1) is 11.5. The van der Waals surface area contributed by atoms with Crippen LogP contribution in [-0.2, 0) is 14.3 Å². The van der Waals surface area contributed by atoms with Gasteiger partial charge in [-0.25, -0.2) is 0 Å². The lowest BCUT2D eigenvalue weighted by Gasteiger charge is -2.25. The van der Waals surface area contributed by atoms with Crippen molar-refractivity contribution >= 4 is 11.8 Å². The number of ether oxygens (including phenoxy) is 1. The fourth-order valence-corrected chi connectivity index (χ4v) is 3.82. The smallest absolute Gasteiger partial charge is 0.223 e. The van der Waals surface area contributed by atoms with E-state index in [-0.39, 0.29) is 29.7 Å². The summed E-state index contributed by atoms with van der Waals surface area (Å²) >= 11 is 0. The van der Waals surface area contributed by atoms with E-state index in [1.54, 1.807) is 0 Å². The fraction of sp³-hybridized carbons (Fsp3) is 0.895. The van der Waals surface area contributed by atoms with Crippen molar-refractivity contribution in [1.82, 2.24) is 10.6 Å². The SMILES string of the molecule is CC(C)C(=O)NCC1CCC(C[C@@H](C)C(=O)NC2CCOCC2)C1. The molecule has 2 N–H and O–H groups in total. The van der Waals surface area contributed by atoms with E-state index in [2.05, 4.69) is 10.6 Å². The highest BCUT2D eigenvalue weighted by molar-refractivity contribution is 5.78. The van der Waals surface area contributed by atoms with Gasteiger partial charge in [-0.2, -0.15) is 0 Å². The number of carbonyl (C=O) groups is 2. The Labute approximate surface area is 146 Å². The van der Waals surface area contributed by atoms with Crippen molar-refractivity contribution in [1.29, 1.82) is 0 Å². The Morgan fingerprint density at radius 1 is 1.00 bits per heavy atom. The molecule has 0 aromatic rings. The second kappa shape index (κ2) is 9.40. The molecule has 1 saturated carbocycles. The van der Waals surface area contributed by atoms with E-state index in [4.69, 9.17) is 4.74 Å². The van der Waals surface area contributed by atoms with E-state index in [1.165, 1.54) is 6.42 Å². The third kappa shape index (κ3) is 6.08. The molecular weight excluding hydrogens is 304 g/mol. The largest absolute Gasteiger partial charge is 0.381 e. The van der Waals surface area contributed by atoms with E-state index in [1.807, 2.05) is 20.8 Å². The molecule has 1 aliphatic heterocycles. The monoisotopic (exact) mass is 338 g/mol. The number of rotatable bonds is 7. The van der Waals surface area contributed by atoms with Gasteiger partial charge in [-0.3, -0.25) is 9.59 Å². The molecule has 0 spiro atoms. The van der Waals surface area contributed by atoms with Crippen LogP contribution in [-0.4, -0.2) is 37.6 Å². The molecule has 5 nitrogen and oxygen atoms in total. The molecule has 2 aliphatic rings. The minimum absolute atomic E-state index is 0.0519. The molecule has 0 radical (unpaired) electrons. The molecule has 2 rings (SSSR count). The summed E-state index contributed by atoms with van der Waals surface area (Å²) in [6.45, 7) is 8.19. The second-order valence-corrected chi connectivity index (χ2v) is 7.98. The summed E-state index contributed by atoms with van der Waals surface area (Å²) in [7, 11) is 0. The number of amides is 2. The molecule has 1 saturated heterocycles. The van der Waals surface area contributed by atoms with Crippen LogP contribution < -0.4 is 10.6 Å². The molecule has 0 bridgehead atoms. The van der Waals surface area contributed by atoms with Crippen LogP contribution in [0.4, 0.5) is 0 Å². The highest BCUT2D eigenvalue weighted by Crippen LogP contribution is 2.34. The van der Waals surface area contributed by atoms with Crippen LogP contribution in [0.5, 0.6) is 0 Å². The molecule has 1 heterocycles. The number of hydrogen-bond donors (Lipinski definition) is 2. The van der Waals surface area contributed by atoms with E-state index < -0.39 is 0 Å². The Kier molecular flexibility index (Phi) is 7.53. The number of nitrogens with one attached hydrogen (secondary N) is 2. The average molecular weight is 338 g/mol. The van der Waals surface area contributed by atoms with Crippen LogP contribution in [0.15, 0.2) is 0 Å². The van der Waals surface area contributed by atoms with Gasteiger partial charge in [0.05, 0.1) is 0 Å². The van der Waals surface area contributed by atoms with Crippen LogP contribution in [0.2, 0.25) is 0 Å². The lowest BCUT2D eigenvalue weighted by molar-refractivity contribution is -0.126. The highest BCUT2D eigenvalue weighted by atomic mass is 16.5. The quantitative estimate of drug-likeness (QED) is 0.749. The van der Waals surface area contributed by atoms with Crippen molar-refractivity contribution < 1.29 is 14.3 Å². The normalized spacial score (nSPS) is 26.3. The van der Waals surface area contributed by atoms with Crippen LogP contribution >= 0.6 is 0 Å². The first-order valence-corrected chi connectivity index (χ1v) is 9.61. The maximum absolute atomic E-state index is 12.4. The highest BCUT2D eigenvalue weighted by Gasteiger charge is 2.29. The summed E-state index contributed by atoms with van der Waals surface area (Å²) in [5.41, 5.74) is 0. The van der Waals surface area contributed by atoms with Gasteiger partial charge in [0.15, 0.2) is 0 Å². The van der Waals surface area contributed by atoms with Crippen LogP contribution in [0.25, 0.3) is 0 Å². The fourth-order valence-electron chi connectivity index (χ4n) is 3.82.